The number of phenols is 2. The summed E-state index contributed by atoms with van der Waals surface area (Å²) in [6.07, 6.45) is 0.897. The molecular weight excluding hydrogens is 357 g/mol. The lowest BCUT2D eigenvalue weighted by molar-refractivity contribution is 0.0920. The molecule has 28 heavy (non-hydrogen) atoms. The van der Waals surface area contributed by atoms with Crippen LogP contribution in [0.3, 0.4) is 0 Å². The van der Waals surface area contributed by atoms with Crippen LogP contribution in [0.25, 0.3) is 0 Å². The molecular formula is C20H34BN3O4. The molecule has 0 atom stereocenters. The van der Waals surface area contributed by atoms with Gasteiger partial charge in [0.2, 0.25) is 0 Å². The van der Waals surface area contributed by atoms with Crippen LogP contribution in [0.5, 0.6) is 11.5 Å². The monoisotopic (exact) mass is 391 g/mol. The fraction of sp³-hybridized carbons (Fsp3) is 0.600. The molecule has 7 nitrogen and oxygen atoms in total. The summed E-state index contributed by atoms with van der Waals surface area (Å²) in [7, 11) is 2.13. The van der Waals surface area contributed by atoms with Gasteiger partial charge in [-0.25, -0.2) is 0 Å². The molecule has 0 saturated heterocycles. The highest BCUT2D eigenvalue weighted by Gasteiger charge is 2.27. The van der Waals surface area contributed by atoms with E-state index in [9.17, 15) is 19.8 Å². The summed E-state index contributed by atoms with van der Waals surface area (Å²) in [4.78, 5) is 24.7. The molecule has 0 fully saturated rings. The normalized spacial score (nSPS) is 12.5. The van der Waals surface area contributed by atoms with E-state index in [4.69, 9.17) is 5.73 Å². The van der Waals surface area contributed by atoms with Gasteiger partial charge in [0.1, 0.15) is 7.85 Å². The van der Waals surface area contributed by atoms with Crippen molar-refractivity contribution in [2.75, 3.05) is 13.1 Å². The molecule has 0 aliphatic rings. The number of nitrogens with one attached hydrogen (secondary N) is 2. The number of rotatable bonds is 8. The predicted octanol–water partition coefficient (Wildman–Crippen LogP) is 1.54. The van der Waals surface area contributed by atoms with Crippen LogP contribution in [0.2, 0.25) is 5.31 Å². The average Bonchev–Trinajstić information content (AvgIpc) is 2.50. The highest BCUT2D eigenvalue weighted by Crippen LogP contribution is 2.36. The van der Waals surface area contributed by atoms with Crippen molar-refractivity contribution < 1.29 is 19.8 Å². The van der Waals surface area contributed by atoms with Crippen LogP contribution in [-0.2, 0) is 0 Å². The molecule has 6 N–H and O–H groups in total. The molecule has 0 unspecified atom stereocenters. The van der Waals surface area contributed by atoms with Crippen molar-refractivity contribution >= 4 is 19.7 Å². The summed E-state index contributed by atoms with van der Waals surface area (Å²) in [5.41, 5.74) is 4.86. The zero-order valence-corrected chi connectivity index (χ0v) is 18.1. The number of nitrogens with two attached hydrogens (primary N) is 1. The largest absolute Gasteiger partial charge is 0.504 e. The lowest BCUT2D eigenvalue weighted by Crippen LogP contribution is -2.45. The van der Waals surface area contributed by atoms with E-state index in [-0.39, 0.29) is 28.4 Å². The van der Waals surface area contributed by atoms with Gasteiger partial charge < -0.3 is 26.6 Å². The van der Waals surface area contributed by atoms with E-state index in [0.717, 1.165) is 6.42 Å². The number of hydrogen-bond acceptors (Lipinski definition) is 5. The standard InChI is InChI=1S/C20H34BN3O4/c1-18(2,9-19(3,4)21)10-23-16(27)12-7-8-13(15(26)14(12)25)17(28)24-11-20(5,6)22/h7-8,25-26H,9-11,21-22H2,1-6H3,(H,23,27)(H,24,28). The lowest BCUT2D eigenvalue weighted by Gasteiger charge is -2.32. The maximum Gasteiger partial charge on any atom is 0.255 e. The molecule has 1 aromatic carbocycles. The summed E-state index contributed by atoms with van der Waals surface area (Å²) in [6.45, 7) is 12.5. The summed E-state index contributed by atoms with van der Waals surface area (Å²) >= 11 is 0. The van der Waals surface area contributed by atoms with Crippen LogP contribution >= 0.6 is 0 Å². The van der Waals surface area contributed by atoms with Crippen molar-refractivity contribution in [2.45, 2.75) is 58.8 Å². The summed E-state index contributed by atoms with van der Waals surface area (Å²) < 4.78 is 0. The molecule has 0 saturated carbocycles. The second-order valence-electron chi connectivity index (χ2n) is 10.1. The minimum atomic E-state index is -0.631. The maximum absolute atomic E-state index is 12.5. The van der Waals surface area contributed by atoms with Crippen molar-refractivity contribution in [1.82, 2.24) is 10.6 Å². The summed E-state index contributed by atoms with van der Waals surface area (Å²) in [6, 6.07) is 2.63. The molecule has 0 bridgehead atoms. The Morgan fingerprint density at radius 1 is 0.929 bits per heavy atom. The zero-order valence-electron chi connectivity index (χ0n) is 18.1. The first-order valence-corrected chi connectivity index (χ1v) is 9.43. The third-order valence-corrected chi connectivity index (χ3v) is 4.08. The van der Waals surface area contributed by atoms with Crippen LogP contribution in [0, 0.1) is 5.41 Å². The molecule has 0 radical (unpaired) electrons. The first kappa shape index (κ1) is 23.8. The van der Waals surface area contributed by atoms with Crippen LogP contribution in [0.1, 0.15) is 68.7 Å². The fourth-order valence-electron chi connectivity index (χ4n) is 3.26. The van der Waals surface area contributed by atoms with Crippen molar-refractivity contribution in [3.05, 3.63) is 23.3 Å². The van der Waals surface area contributed by atoms with E-state index in [2.05, 4.69) is 46.2 Å². The maximum atomic E-state index is 12.5. The Balaban J connectivity index is 2.89. The summed E-state index contributed by atoms with van der Waals surface area (Å²) in [5.74, 6) is -2.34. The zero-order chi connectivity index (χ0) is 21.9. The smallest absolute Gasteiger partial charge is 0.255 e. The minimum Gasteiger partial charge on any atom is -0.504 e. The van der Waals surface area contributed by atoms with Gasteiger partial charge in [-0.15, -0.1) is 0 Å². The Hall–Kier alpha value is -2.22. The van der Waals surface area contributed by atoms with Gasteiger partial charge in [0.25, 0.3) is 11.8 Å². The van der Waals surface area contributed by atoms with E-state index >= 15 is 0 Å². The molecule has 0 heterocycles. The minimum absolute atomic E-state index is 0.0836. The molecule has 1 aromatic rings. The molecule has 0 spiro atoms. The van der Waals surface area contributed by atoms with E-state index in [1.807, 2.05) is 0 Å². The van der Waals surface area contributed by atoms with Crippen molar-refractivity contribution in [2.24, 2.45) is 11.1 Å². The van der Waals surface area contributed by atoms with Gasteiger partial charge in [-0.05, 0) is 37.8 Å². The Morgan fingerprint density at radius 3 is 1.68 bits per heavy atom. The molecule has 0 aliphatic carbocycles. The average molecular weight is 391 g/mol. The van der Waals surface area contributed by atoms with Crippen molar-refractivity contribution in [3.63, 3.8) is 0 Å². The topological polar surface area (TPSA) is 125 Å². The van der Waals surface area contributed by atoms with Crippen LogP contribution in [-0.4, -0.2) is 48.5 Å². The van der Waals surface area contributed by atoms with Crippen molar-refractivity contribution in [3.8, 4) is 11.5 Å². The second-order valence-corrected chi connectivity index (χ2v) is 10.1. The van der Waals surface area contributed by atoms with Gasteiger partial charge in [0.15, 0.2) is 11.5 Å². The Bertz CT molecular complexity index is 734. The SMILES string of the molecule is BC(C)(C)CC(C)(C)CNC(=O)c1ccc(C(=O)NCC(C)(C)N)c(O)c1O. The fourth-order valence-corrected chi connectivity index (χ4v) is 3.26. The third-order valence-electron chi connectivity index (χ3n) is 4.08. The molecule has 0 aromatic heterocycles. The number of hydrogen-bond donors (Lipinski definition) is 5. The number of phenolic OH excluding ortho intramolecular Hbond substituents is 2. The number of carbonyl (C=O) groups excluding carboxylic acids is 2. The molecule has 8 heteroatoms. The van der Waals surface area contributed by atoms with Gasteiger partial charge in [-0.1, -0.05) is 33.0 Å². The second kappa shape index (κ2) is 8.43. The molecule has 1 rings (SSSR count). The number of benzene rings is 1. The van der Waals surface area contributed by atoms with Crippen LogP contribution in [0.15, 0.2) is 12.1 Å². The Kier molecular flexibility index (Phi) is 7.17. The number of carbonyl (C=O) groups is 2. The van der Waals surface area contributed by atoms with E-state index in [0.29, 0.717) is 6.54 Å². The van der Waals surface area contributed by atoms with E-state index in [1.54, 1.807) is 13.8 Å². The van der Waals surface area contributed by atoms with E-state index < -0.39 is 28.9 Å². The number of amides is 2. The highest BCUT2D eigenvalue weighted by atomic mass is 16.3. The van der Waals surface area contributed by atoms with Gasteiger partial charge in [0, 0.05) is 18.6 Å². The number of aromatic hydroxyl groups is 2. The van der Waals surface area contributed by atoms with Gasteiger partial charge >= 0.3 is 0 Å². The van der Waals surface area contributed by atoms with Crippen LogP contribution < -0.4 is 16.4 Å². The van der Waals surface area contributed by atoms with Gasteiger partial charge in [-0.2, -0.15) is 0 Å². The van der Waals surface area contributed by atoms with Crippen molar-refractivity contribution in [1.29, 1.82) is 0 Å². The summed E-state index contributed by atoms with van der Waals surface area (Å²) in [5, 5.41) is 25.9. The highest BCUT2D eigenvalue weighted by molar-refractivity contribution is 6.14. The third kappa shape index (κ3) is 7.42. The Labute approximate surface area is 168 Å². The lowest BCUT2D eigenvalue weighted by atomic mass is 9.63. The van der Waals surface area contributed by atoms with Gasteiger partial charge in [-0.3, -0.25) is 9.59 Å². The van der Waals surface area contributed by atoms with Crippen LogP contribution in [0.4, 0.5) is 0 Å². The van der Waals surface area contributed by atoms with Gasteiger partial charge in [0.05, 0.1) is 11.1 Å². The predicted molar refractivity (Wildman–Crippen MR) is 114 cm³/mol. The quantitative estimate of drug-likeness (QED) is 0.340. The van der Waals surface area contributed by atoms with E-state index in [1.165, 1.54) is 12.1 Å². The first-order chi connectivity index (χ1) is 12.5. The molecule has 2 amide bonds. The first-order valence-electron chi connectivity index (χ1n) is 9.43. The molecule has 0 aliphatic heterocycles. The Morgan fingerprint density at radius 2 is 1.32 bits per heavy atom. The molecule has 156 valence electrons.